The lowest BCUT2D eigenvalue weighted by atomic mass is 10.0. The highest BCUT2D eigenvalue weighted by Gasteiger charge is 2.17. The van der Waals surface area contributed by atoms with E-state index in [1.807, 2.05) is 12.3 Å². The van der Waals surface area contributed by atoms with Crippen molar-refractivity contribution in [1.29, 1.82) is 0 Å². The molecular weight excluding hydrogens is 581 g/mol. The number of aromatic nitrogens is 4. The molecule has 0 radical (unpaired) electrons. The van der Waals surface area contributed by atoms with Crippen molar-refractivity contribution in [2.45, 2.75) is 6.92 Å². The Morgan fingerprint density at radius 3 is 2.24 bits per heavy atom. The van der Waals surface area contributed by atoms with E-state index in [0.29, 0.717) is 0 Å². The maximum Gasteiger partial charge on any atom is 0.138 e. The van der Waals surface area contributed by atoms with E-state index in [4.69, 9.17) is 4.98 Å². The van der Waals surface area contributed by atoms with Crippen molar-refractivity contribution in [2.75, 3.05) is 0 Å². The van der Waals surface area contributed by atoms with Crippen LogP contribution in [0.5, 0.6) is 0 Å². The molecule has 0 saturated carbocycles. The molecule has 0 bridgehead atoms. The molecule has 0 amide bonds. The van der Waals surface area contributed by atoms with Crippen LogP contribution in [0.25, 0.3) is 76.3 Å². The van der Waals surface area contributed by atoms with Crippen molar-refractivity contribution in [1.82, 2.24) is 19.1 Å². The summed E-state index contributed by atoms with van der Waals surface area (Å²) in [6.07, 6.45) is 6.19. The van der Waals surface area contributed by atoms with E-state index in [1.165, 1.54) is 27.2 Å². The number of para-hydroxylation sites is 3. The summed E-state index contributed by atoms with van der Waals surface area (Å²) in [5.74, 6) is 0.889. The van der Waals surface area contributed by atoms with Gasteiger partial charge in [-0.2, -0.15) is 0 Å². The molecule has 218 valence electrons. The Kier molecular flexibility index (Phi) is 6.02. The molecular formula is C41H28N4S. The summed E-state index contributed by atoms with van der Waals surface area (Å²) in [6.45, 7) is 6.71. The van der Waals surface area contributed by atoms with Crippen molar-refractivity contribution >= 4 is 76.1 Å². The Morgan fingerprint density at radius 2 is 1.39 bits per heavy atom. The number of hydrogen-bond donors (Lipinski definition) is 0. The monoisotopic (exact) mass is 608 g/mol. The maximum absolute atomic E-state index is 5.17. The van der Waals surface area contributed by atoms with Crippen LogP contribution in [-0.2, 0) is 0 Å². The van der Waals surface area contributed by atoms with Crippen molar-refractivity contribution in [3.8, 4) is 11.5 Å². The molecule has 5 heterocycles. The van der Waals surface area contributed by atoms with Gasteiger partial charge < -0.3 is 4.57 Å². The Balaban J connectivity index is 1.16. The minimum absolute atomic E-state index is 0.889. The van der Waals surface area contributed by atoms with Gasteiger partial charge in [0, 0.05) is 33.7 Å². The molecule has 9 rings (SSSR count). The summed E-state index contributed by atoms with van der Waals surface area (Å²) in [4.78, 5) is 9.81. The van der Waals surface area contributed by atoms with Gasteiger partial charge in [-0.05, 0) is 90.4 Å². The smallest absolute Gasteiger partial charge is 0.138 e. The number of allylic oxidation sites excluding steroid dienone is 2. The minimum atomic E-state index is 0.889. The summed E-state index contributed by atoms with van der Waals surface area (Å²) in [6, 6.07) is 42.7. The highest BCUT2D eigenvalue weighted by molar-refractivity contribution is 7.25. The average Bonchev–Trinajstić information content (AvgIpc) is 3.74. The molecule has 0 aliphatic rings. The fourth-order valence-electron chi connectivity index (χ4n) is 6.75. The zero-order valence-corrected chi connectivity index (χ0v) is 26.0. The molecule has 0 saturated heterocycles. The van der Waals surface area contributed by atoms with Crippen LogP contribution in [0.15, 0.2) is 140 Å². The molecule has 0 fully saturated rings. The van der Waals surface area contributed by atoms with Gasteiger partial charge in [0.15, 0.2) is 0 Å². The number of pyridine rings is 2. The quantitative estimate of drug-likeness (QED) is 0.182. The molecule has 5 aromatic heterocycles. The largest absolute Gasteiger partial charge is 0.310 e. The van der Waals surface area contributed by atoms with Crippen molar-refractivity contribution in [3.63, 3.8) is 0 Å². The normalized spacial score (nSPS) is 12.0. The van der Waals surface area contributed by atoms with Crippen LogP contribution in [0.2, 0.25) is 0 Å². The topological polar surface area (TPSA) is 35.6 Å². The van der Waals surface area contributed by atoms with Gasteiger partial charge in [-0.25, -0.2) is 4.98 Å². The third-order valence-corrected chi connectivity index (χ3v) is 10.1. The number of hydrogen-bond acceptors (Lipinski definition) is 3. The molecule has 0 atom stereocenters. The van der Waals surface area contributed by atoms with E-state index in [9.17, 15) is 0 Å². The lowest BCUT2D eigenvalue weighted by molar-refractivity contribution is 1.10. The first-order chi connectivity index (χ1) is 22.7. The molecule has 5 heteroatoms. The van der Waals surface area contributed by atoms with E-state index in [1.54, 1.807) is 11.3 Å². The van der Waals surface area contributed by atoms with Crippen LogP contribution < -0.4 is 0 Å². The molecule has 0 unspecified atom stereocenters. The second-order valence-electron chi connectivity index (χ2n) is 11.6. The van der Waals surface area contributed by atoms with Crippen LogP contribution >= 0.6 is 11.3 Å². The molecule has 4 nitrogen and oxygen atoms in total. The number of fused-ring (bicyclic) bond motifs is 7. The van der Waals surface area contributed by atoms with Crippen LogP contribution in [0.1, 0.15) is 16.8 Å². The molecule has 0 N–H and O–H groups in total. The Bertz CT molecular complexity index is 2670. The third-order valence-electron chi connectivity index (χ3n) is 8.96. The fraction of sp³-hybridized carbons (Fsp3) is 0.0244. The minimum Gasteiger partial charge on any atom is -0.310 e. The van der Waals surface area contributed by atoms with Gasteiger partial charge in [0.1, 0.15) is 16.9 Å². The summed E-state index contributed by atoms with van der Waals surface area (Å²) in [7, 11) is 0. The van der Waals surface area contributed by atoms with Gasteiger partial charge in [0.25, 0.3) is 0 Å². The lowest BCUT2D eigenvalue weighted by Gasteiger charge is -2.10. The summed E-state index contributed by atoms with van der Waals surface area (Å²) in [5.41, 5.74) is 10.9. The highest BCUT2D eigenvalue weighted by Crippen LogP contribution is 2.37. The molecule has 0 aliphatic carbocycles. The van der Waals surface area contributed by atoms with E-state index in [-0.39, 0.29) is 0 Å². The second kappa shape index (κ2) is 10.4. The fourth-order valence-corrected chi connectivity index (χ4v) is 7.76. The van der Waals surface area contributed by atoms with Crippen LogP contribution in [0, 0.1) is 6.92 Å². The van der Waals surface area contributed by atoms with Gasteiger partial charge in [-0.3, -0.25) is 9.55 Å². The molecule has 0 aliphatic heterocycles. The first kappa shape index (κ1) is 26.6. The molecule has 9 aromatic rings. The van der Waals surface area contributed by atoms with Crippen molar-refractivity contribution in [2.24, 2.45) is 0 Å². The van der Waals surface area contributed by atoms with Gasteiger partial charge in [-0.1, -0.05) is 73.3 Å². The number of benzene rings is 4. The Labute approximate surface area is 269 Å². The average molecular weight is 609 g/mol. The standard InChI is InChI=1S/C41H28N4S/c1-26(18-20-33-27(2)30-13-6-8-15-34(30)44(33)29-11-4-3-5-12-29)28-19-21-36-32(25-28)31-14-7-9-16-35(31)45(36)39-23-22-38-41(43-39)40-37(46-38)17-10-24-42-40/h3-25H,1H2,2H3/b20-18-. The van der Waals surface area contributed by atoms with E-state index in [2.05, 4.69) is 155 Å². The summed E-state index contributed by atoms with van der Waals surface area (Å²) < 4.78 is 6.90. The van der Waals surface area contributed by atoms with E-state index < -0.39 is 0 Å². The molecule has 46 heavy (non-hydrogen) atoms. The Hall–Kier alpha value is -5.78. The van der Waals surface area contributed by atoms with Gasteiger partial charge >= 0.3 is 0 Å². The van der Waals surface area contributed by atoms with Crippen LogP contribution in [-0.4, -0.2) is 19.1 Å². The number of rotatable bonds is 5. The van der Waals surface area contributed by atoms with Gasteiger partial charge in [0.05, 0.1) is 25.9 Å². The zero-order valence-electron chi connectivity index (χ0n) is 25.2. The van der Waals surface area contributed by atoms with Gasteiger partial charge in [0.2, 0.25) is 0 Å². The zero-order chi connectivity index (χ0) is 30.8. The van der Waals surface area contributed by atoms with Gasteiger partial charge in [-0.15, -0.1) is 11.3 Å². The highest BCUT2D eigenvalue weighted by atomic mass is 32.1. The second-order valence-corrected chi connectivity index (χ2v) is 12.7. The predicted molar refractivity (Wildman–Crippen MR) is 195 cm³/mol. The SMILES string of the molecule is C=C(/C=C\c1c(C)c2ccccc2n1-c1ccccc1)c1ccc2c(c1)c1ccccc1n2-c1ccc2sc3cccnc3c2n1. The lowest BCUT2D eigenvalue weighted by Crippen LogP contribution is -1.97. The van der Waals surface area contributed by atoms with E-state index >= 15 is 0 Å². The van der Waals surface area contributed by atoms with E-state index in [0.717, 1.165) is 59.8 Å². The molecule has 0 spiro atoms. The summed E-state index contributed by atoms with van der Waals surface area (Å²) in [5, 5.41) is 3.61. The maximum atomic E-state index is 5.17. The van der Waals surface area contributed by atoms with Crippen LogP contribution in [0.4, 0.5) is 0 Å². The van der Waals surface area contributed by atoms with Crippen molar-refractivity contribution in [3.05, 3.63) is 157 Å². The van der Waals surface area contributed by atoms with Crippen molar-refractivity contribution < 1.29 is 0 Å². The molecule has 4 aromatic carbocycles. The summed E-state index contributed by atoms with van der Waals surface area (Å²) >= 11 is 1.73. The Morgan fingerprint density at radius 1 is 0.674 bits per heavy atom. The third kappa shape index (κ3) is 4.06. The number of nitrogens with zero attached hydrogens (tertiary/aromatic N) is 4. The first-order valence-electron chi connectivity index (χ1n) is 15.4. The number of aryl methyl sites for hydroxylation is 1. The predicted octanol–water partition coefficient (Wildman–Crippen LogP) is 10.9. The first-order valence-corrected chi connectivity index (χ1v) is 16.2. The number of thiophene rings is 1. The van der Waals surface area contributed by atoms with Crippen LogP contribution in [0.3, 0.4) is 0 Å².